The normalized spacial score (nSPS) is 16.0. The number of nitrogens with zero attached hydrogens (tertiary/aromatic N) is 3. The standard InChI is InChI=1S/C28H28N6O6/c1-15-11-17(13-22-24(15)30-28(38)40-22)25(35)20-14-23(31-32-26(20)36)33-8-6-18(7-9-33)34-10-5-16-12-19(39-2)3-4-21(16)29-27(34)37/h3-4,11-14,18H,5-10H2,1-2H3,(H,29,37)(H,30,38)(H,32,36). The highest BCUT2D eigenvalue weighted by Gasteiger charge is 2.31. The van der Waals surface area contributed by atoms with Gasteiger partial charge in [-0.2, -0.15) is 5.10 Å². The predicted molar refractivity (Wildman–Crippen MR) is 148 cm³/mol. The Bertz CT molecular complexity index is 1750. The number of methoxy groups -OCH3 is 1. The molecule has 6 rings (SSSR count). The molecule has 0 bridgehead atoms. The number of hydrogen-bond acceptors (Lipinski definition) is 8. The van der Waals surface area contributed by atoms with E-state index in [1.54, 1.807) is 20.1 Å². The van der Waals surface area contributed by atoms with E-state index in [4.69, 9.17) is 9.15 Å². The number of ketones is 1. The molecule has 2 amide bonds. The first-order chi connectivity index (χ1) is 19.3. The van der Waals surface area contributed by atoms with Crippen LogP contribution in [0.25, 0.3) is 11.1 Å². The Balaban J connectivity index is 1.16. The fraction of sp³-hybridized carbons (Fsp3) is 0.321. The van der Waals surface area contributed by atoms with Crippen molar-refractivity contribution in [3.8, 4) is 5.75 Å². The van der Waals surface area contributed by atoms with Gasteiger partial charge in [0.25, 0.3) is 5.56 Å². The summed E-state index contributed by atoms with van der Waals surface area (Å²) in [6.07, 6.45) is 2.13. The average molecular weight is 545 g/mol. The zero-order chi connectivity index (χ0) is 28.0. The van der Waals surface area contributed by atoms with Crippen molar-refractivity contribution in [1.29, 1.82) is 0 Å². The molecule has 2 aromatic carbocycles. The van der Waals surface area contributed by atoms with E-state index >= 15 is 0 Å². The zero-order valence-corrected chi connectivity index (χ0v) is 22.1. The molecule has 4 aromatic rings. The summed E-state index contributed by atoms with van der Waals surface area (Å²) in [4.78, 5) is 57.0. The van der Waals surface area contributed by atoms with Gasteiger partial charge in [-0.25, -0.2) is 14.7 Å². The lowest BCUT2D eigenvalue weighted by atomic mass is 10.0. The Hall–Kier alpha value is -4.87. The Kier molecular flexibility index (Phi) is 6.37. The van der Waals surface area contributed by atoms with E-state index in [0.29, 0.717) is 49.4 Å². The number of rotatable bonds is 5. The molecule has 1 saturated heterocycles. The monoisotopic (exact) mass is 544 g/mol. The van der Waals surface area contributed by atoms with Crippen LogP contribution in [0.5, 0.6) is 5.75 Å². The van der Waals surface area contributed by atoms with E-state index in [-0.39, 0.29) is 28.8 Å². The molecular formula is C28H28N6O6. The number of aryl methyl sites for hydroxylation is 1. The summed E-state index contributed by atoms with van der Waals surface area (Å²) >= 11 is 0. The summed E-state index contributed by atoms with van der Waals surface area (Å²) in [6.45, 7) is 3.54. The summed E-state index contributed by atoms with van der Waals surface area (Å²) in [5.41, 5.74) is 2.83. The fourth-order valence-electron chi connectivity index (χ4n) is 5.55. The molecule has 4 heterocycles. The highest BCUT2D eigenvalue weighted by Crippen LogP contribution is 2.28. The molecule has 0 radical (unpaired) electrons. The molecule has 12 nitrogen and oxygen atoms in total. The predicted octanol–water partition coefficient (Wildman–Crippen LogP) is 2.81. The minimum Gasteiger partial charge on any atom is -0.497 e. The lowest BCUT2D eigenvalue weighted by Gasteiger charge is -2.38. The Morgan fingerprint density at radius 2 is 1.88 bits per heavy atom. The molecule has 0 atom stereocenters. The lowest BCUT2D eigenvalue weighted by Crippen LogP contribution is -2.49. The van der Waals surface area contributed by atoms with E-state index < -0.39 is 17.1 Å². The van der Waals surface area contributed by atoms with Gasteiger partial charge in [0.1, 0.15) is 11.6 Å². The van der Waals surface area contributed by atoms with Crippen LogP contribution in [0.15, 0.2) is 50.4 Å². The third-order valence-corrected chi connectivity index (χ3v) is 7.69. The van der Waals surface area contributed by atoms with Crippen LogP contribution in [0.2, 0.25) is 0 Å². The van der Waals surface area contributed by atoms with Crippen LogP contribution in [0.1, 0.15) is 39.9 Å². The van der Waals surface area contributed by atoms with E-state index in [0.717, 1.165) is 23.4 Å². The van der Waals surface area contributed by atoms with Crippen molar-refractivity contribution in [3.05, 3.63) is 79.6 Å². The van der Waals surface area contributed by atoms with Gasteiger partial charge in [-0.15, -0.1) is 0 Å². The summed E-state index contributed by atoms with van der Waals surface area (Å²) in [5, 5.41) is 9.66. The van der Waals surface area contributed by atoms with Gasteiger partial charge in [0.2, 0.25) is 0 Å². The molecule has 0 aliphatic carbocycles. The molecule has 12 heteroatoms. The van der Waals surface area contributed by atoms with Crippen LogP contribution in [0, 0.1) is 6.92 Å². The number of ether oxygens (including phenoxy) is 1. The van der Waals surface area contributed by atoms with Crippen LogP contribution in [0.4, 0.5) is 16.3 Å². The molecule has 1 fully saturated rings. The first-order valence-corrected chi connectivity index (χ1v) is 13.1. The highest BCUT2D eigenvalue weighted by atomic mass is 16.5. The Morgan fingerprint density at radius 3 is 2.65 bits per heavy atom. The lowest BCUT2D eigenvalue weighted by molar-refractivity contribution is 0.103. The number of H-pyrrole nitrogens is 2. The van der Waals surface area contributed by atoms with Crippen molar-refractivity contribution in [3.63, 3.8) is 0 Å². The number of aromatic nitrogens is 3. The second-order valence-corrected chi connectivity index (χ2v) is 10.1. The highest BCUT2D eigenvalue weighted by molar-refractivity contribution is 6.10. The van der Waals surface area contributed by atoms with Gasteiger partial charge in [0.05, 0.1) is 18.2 Å². The number of carbonyl (C=O) groups excluding carboxylic acids is 2. The molecule has 0 spiro atoms. The van der Waals surface area contributed by atoms with Crippen molar-refractivity contribution in [2.45, 2.75) is 32.2 Å². The fourth-order valence-corrected chi connectivity index (χ4v) is 5.55. The number of anilines is 2. The van der Waals surface area contributed by atoms with Crippen LogP contribution in [-0.2, 0) is 6.42 Å². The maximum absolute atomic E-state index is 13.3. The molecule has 2 aromatic heterocycles. The van der Waals surface area contributed by atoms with Crippen LogP contribution in [-0.4, -0.2) is 64.7 Å². The van der Waals surface area contributed by atoms with Crippen LogP contribution >= 0.6 is 0 Å². The van der Waals surface area contributed by atoms with E-state index in [1.807, 2.05) is 28.0 Å². The second kappa shape index (κ2) is 10.0. The first kappa shape index (κ1) is 25.4. The number of urea groups is 1. The van der Waals surface area contributed by atoms with Crippen LogP contribution in [0.3, 0.4) is 0 Å². The number of hydrogen-bond donors (Lipinski definition) is 3. The van der Waals surface area contributed by atoms with Crippen molar-refractivity contribution in [1.82, 2.24) is 20.1 Å². The number of fused-ring (bicyclic) bond motifs is 2. The Morgan fingerprint density at radius 1 is 1.07 bits per heavy atom. The summed E-state index contributed by atoms with van der Waals surface area (Å²) in [5.74, 6) is 0.128. The molecular weight excluding hydrogens is 516 g/mol. The Labute approximate surface area is 227 Å². The number of carbonyl (C=O) groups is 2. The number of benzene rings is 2. The number of amides is 2. The SMILES string of the molecule is COc1ccc2c(c1)CCN(C1CCN(c3cc(C(=O)c4cc(C)c5[nH]c(=O)oc5c4)c(=O)[nH]n3)CC1)C(=O)N2. The number of aromatic amines is 2. The molecule has 3 N–H and O–H groups in total. The van der Waals surface area contributed by atoms with Crippen molar-refractivity contribution < 1.29 is 18.7 Å². The summed E-state index contributed by atoms with van der Waals surface area (Å²) in [7, 11) is 1.62. The minimum absolute atomic E-state index is 0.0435. The van der Waals surface area contributed by atoms with E-state index in [9.17, 15) is 19.2 Å². The van der Waals surface area contributed by atoms with Crippen molar-refractivity contribution in [2.75, 3.05) is 37.0 Å². The van der Waals surface area contributed by atoms with Gasteiger partial charge in [0, 0.05) is 36.9 Å². The number of piperidine rings is 1. The second-order valence-electron chi connectivity index (χ2n) is 10.1. The van der Waals surface area contributed by atoms with Gasteiger partial charge >= 0.3 is 11.8 Å². The molecule has 0 unspecified atom stereocenters. The third kappa shape index (κ3) is 4.61. The molecule has 2 aliphatic heterocycles. The smallest absolute Gasteiger partial charge is 0.417 e. The number of oxazole rings is 1. The molecule has 2 aliphatic rings. The van der Waals surface area contributed by atoms with Crippen LogP contribution < -0.4 is 26.3 Å². The van der Waals surface area contributed by atoms with Crippen molar-refractivity contribution in [2.24, 2.45) is 0 Å². The third-order valence-electron chi connectivity index (χ3n) is 7.69. The zero-order valence-electron chi connectivity index (χ0n) is 22.1. The van der Waals surface area contributed by atoms with Gasteiger partial charge in [-0.1, -0.05) is 0 Å². The largest absolute Gasteiger partial charge is 0.497 e. The maximum atomic E-state index is 13.3. The minimum atomic E-state index is -0.613. The van der Waals surface area contributed by atoms with Crippen molar-refractivity contribution >= 4 is 34.4 Å². The summed E-state index contributed by atoms with van der Waals surface area (Å²) < 4.78 is 10.4. The maximum Gasteiger partial charge on any atom is 0.417 e. The summed E-state index contributed by atoms with van der Waals surface area (Å²) in [6, 6.07) is 10.1. The molecule has 40 heavy (non-hydrogen) atoms. The van der Waals surface area contributed by atoms with E-state index in [1.165, 1.54) is 12.1 Å². The first-order valence-electron chi connectivity index (χ1n) is 13.1. The molecule has 206 valence electrons. The average Bonchev–Trinajstić information content (AvgIpc) is 3.26. The van der Waals surface area contributed by atoms with E-state index in [2.05, 4.69) is 20.5 Å². The molecule has 0 saturated carbocycles. The van der Waals surface area contributed by atoms with Gasteiger partial charge < -0.3 is 24.3 Å². The quantitative estimate of drug-likeness (QED) is 0.324. The van der Waals surface area contributed by atoms with Gasteiger partial charge in [-0.05, 0) is 73.7 Å². The van der Waals surface area contributed by atoms with Gasteiger partial charge in [0.15, 0.2) is 11.4 Å². The topological polar surface area (TPSA) is 154 Å². The number of nitrogens with one attached hydrogen (secondary N) is 3. The van der Waals surface area contributed by atoms with Gasteiger partial charge in [-0.3, -0.25) is 14.6 Å².